The number of benzene rings is 1. The lowest BCUT2D eigenvalue weighted by molar-refractivity contribution is -0.124. The molecule has 0 radical (unpaired) electrons. The zero-order valence-corrected chi connectivity index (χ0v) is 19.7. The van der Waals surface area contributed by atoms with Crippen molar-refractivity contribution >= 4 is 45.4 Å². The Balaban J connectivity index is 1.67. The normalized spacial score (nSPS) is 20.1. The smallest absolute Gasteiger partial charge is 0.267 e. The summed E-state index contributed by atoms with van der Waals surface area (Å²) in [5.41, 5.74) is 1.84. The van der Waals surface area contributed by atoms with Gasteiger partial charge in [0.25, 0.3) is 5.91 Å². The number of thioether (sulfide) groups is 1. The lowest BCUT2D eigenvalue weighted by atomic mass is 9.94. The number of amidine groups is 1. The van der Waals surface area contributed by atoms with Gasteiger partial charge < -0.3 is 9.47 Å². The summed E-state index contributed by atoms with van der Waals surface area (Å²) < 4.78 is 11.1. The Labute approximate surface area is 191 Å². The van der Waals surface area contributed by atoms with E-state index >= 15 is 0 Å². The summed E-state index contributed by atoms with van der Waals surface area (Å²) in [4.78, 5) is 25.2. The Kier molecular flexibility index (Phi) is 6.97. The first-order chi connectivity index (χ1) is 15.1. The van der Waals surface area contributed by atoms with Crippen LogP contribution in [0.4, 0.5) is 5.13 Å². The third kappa shape index (κ3) is 4.96. The summed E-state index contributed by atoms with van der Waals surface area (Å²) in [6.07, 6.45) is 7.49. The molecule has 0 bridgehead atoms. The number of aliphatic imine (C=N–C) groups is 1. The molecule has 1 amide bonds. The van der Waals surface area contributed by atoms with E-state index in [-0.39, 0.29) is 11.9 Å². The molecule has 1 aromatic carbocycles. The summed E-state index contributed by atoms with van der Waals surface area (Å²) >= 11 is 2.93. The van der Waals surface area contributed by atoms with Crippen LogP contribution in [0.2, 0.25) is 0 Å². The minimum Gasteiger partial charge on any atom is -0.493 e. The van der Waals surface area contributed by atoms with Gasteiger partial charge in [-0.3, -0.25) is 9.69 Å². The number of nitrogens with zero attached hydrogens (tertiary/aromatic N) is 3. The highest BCUT2D eigenvalue weighted by Crippen LogP contribution is 2.39. The van der Waals surface area contributed by atoms with Gasteiger partial charge in [0.2, 0.25) is 5.13 Å². The fourth-order valence-electron chi connectivity index (χ4n) is 3.90. The van der Waals surface area contributed by atoms with Crippen molar-refractivity contribution in [1.82, 2.24) is 9.88 Å². The number of methoxy groups -OCH3 is 1. The molecule has 6 nitrogen and oxygen atoms in total. The molecule has 2 aromatic rings. The molecule has 31 heavy (non-hydrogen) atoms. The van der Waals surface area contributed by atoms with E-state index < -0.39 is 0 Å². The number of aryl methyl sites for hydroxylation is 1. The molecule has 0 unspecified atom stereocenters. The highest BCUT2D eigenvalue weighted by atomic mass is 32.2. The maximum absolute atomic E-state index is 13.4. The van der Waals surface area contributed by atoms with Gasteiger partial charge in [-0.05, 0) is 62.2 Å². The molecule has 164 valence electrons. The summed E-state index contributed by atoms with van der Waals surface area (Å²) in [6.45, 7) is 4.46. The molecule has 1 saturated carbocycles. The highest BCUT2D eigenvalue weighted by molar-refractivity contribution is 8.18. The Hall–Kier alpha value is -2.32. The number of amides is 1. The van der Waals surface area contributed by atoms with Crippen LogP contribution in [0.3, 0.4) is 0 Å². The first kappa shape index (κ1) is 21.9. The molecule has 1 aliphatic heterocycles. The first-order valence-electron chi connectivity index (χ1n) is 10.6. The number of carbonyl (C=O) groups excluding carboxylic acids is 1. The number of hydrogen-bond donors (Lipinski definition) is 0. The van der Waals surface area contributed by atoms with Gasteiger partial charge in [0.15, 0.2) is 16.7 Å². The molecule has 4 rings (SSSR count). The summed E-state index contributed by atoms with van der Waals surface area (Å²) in [5.74, 6) is 1.38. The third-order valence-electron chi connectivity index (χ3n) is 5.36. The fraction of sp³-hybridized carbons (Fsp3) is 0.435. The second-order valence-corrected chi connectivity index (χ2v) is 9.43. The average Bonchev–Trinajstić information content (AvgIpc) is 3.32. The van der Waals surface area contributed by atoms with Crippen molar-refractivity contribution in [2.75, 3.05) is 13.7 Å². The van der Waals surface area contributed by atoms with Crippen molar-refractivity contribution in [3.05, 3.63) is 39.7 Å². The van der Waals surface area contributed by atoms with Gasteiger partial charge in [-0.25, -0.2) is 4.98 Å². The predicted molar refractivity (Wildman–Crippen MR) is 127 cm³/mol. The fourth-order valence-corrected chi connectivity index (χ4v) is 5.66. The van der Waals surface area contributed by atoms with Gasteiger partial charge in [0, 0.05) is 11.4 Å². The van der Waals surface area contributed by atoms with Gasteiger partial charge in [0.1, 0.15) is 0 Å². The average molecular weight is 458 g/mol. The van der Waals surface area contributed by atoms with E-state index in [1.165, 1.54) is 29.5 Å². The Morgan fingerprint density at radius 2 is 2.06 bits per heavy atom. The predicted octanol–water partition coefficient (Wildman–Crippen LogP) is 5.80. The number of rotatable bonds is 6. The van der Waals surface area contributed by atoms with Crippen LogP contribution in [0.5, 0.6) is 11.5 Å². The molecule has 1 aliphatic carbocycles. The second-order valence-electron chi connectivity index (χ2n) is 7.59. The van der Waals surface area contributed by atoms with Crippen molar-refractivity contribution < 1.29 is 14.3 Å². The van der Waals surface area contributed by atoms with E-state index in [0.29, 0.717) is 28.1 Å². The highest BCUT2D eigenvalue weighted by Gasteiger charge is 2.38. The monoisotopic (exact) mass is 457 g/mol. The molecule has 1 saturated heterocycles. The van der Waals surface area contributed by atoms with Crippen LogP contribution in [0.15, 0.2) is 33.5 Å². The summed E-state index contributed by atoms with van der Waals surface area (Å²) in [6, 6.07) is 5.93. The van der Waals surface area contributed by atoms with E-state index in [1.54, 1.807) is 7.11 Å². The van der Waals surface area contributed by atoms with Gasteiger partial charge in [-0.1, -0.05) is 25.3 Å². The van der Waals surface area contributed by atoms with Crippen molar-refractivity contribution in [3.8, 4) is 11.5 Å². The van der Waals surface area contributed by atoms with Gasteiger partial charge >= 0.3 is 0 Å². The maximum Gasteiger partial charge on any atom is 0.267 e. The maximum atomic E-state index is 13.4. The Morgan fingerprint density at radius 3 is 2.74 bits per heavy atom. The van der Waals surface area contributed by atoms with Crippen LogP contribution >= 0.6 is 23.1 Å². The number of aromatic nitrogens is 1. The molecule has 1 aromatic heterocycles. The molecule has 2 heterocycles. The quantitative estimate of drug-likeness (QED) is 0.513. The molecule has 2 aliphatic rings. The largest absolute Gasteiger partial charge is 0.493 e. The molecule has 8 heteroatoms. The number of thiazole rings is 1. The second kappa shape index (κ2) is 9.87. The number of hydrogen-bond acceptors (Lipinski definition) is 7. The standard InChI is InChI=1S/C23H27N3O3S2/c1-4-29-18-11-10-16(12-19(18)28-3)13-20-21(27)26(17-8-6-5-7-9-17)23(31-20)25-22-24-15(2)14-30-22/h10-14,17H,4-9H2,1-3H3/b20-13-,25-23+. The van der Waals surface area contributed by atoms with E-state index in [0.717, 1.165) is 42.1 Å². The number of ether oxygens (including phenoxy) is 2. The van der Waals surface area contributed by atoms with Crippen LogP contribution < -0.4 is 9.47 Å². The SMILES string of the molecule is CCOc1ccc(/C=C2\S/C(=N/c3nc(C)cs3)N(C3CCCCC3)C2=O)cc1OC. The van der Waals surface area contributed by atoms with Crippen LogP contribution in [0.1, 0.15) is 50.3 Å². The minimum atomic E-state index is 0.0248. The van der Waals surface area contributed by atoms with Gasteiger partial charge in [-0.15, -0.1) is 11.3 Å². The lowest BCUT2D eigenvalue weighted by Crippen LogP contribution is -2.40. The number of carbonyl (C=O) groups is 1. The van der Waals surface area contributed by atoms with E-state index in [2.05, 4.69) is 4.98 Å². The topological polar surface area (TPSA) is 64.0 Å². The van der Waals surface area contributed by atoms with Crippen molar-refractivity contribution in [1.29, 1.82) is 0 Å². The van der Waals surface area contributed by atoms with Gasteiger partial charge in [0.05, 0.1) is 24.3 Å². The summed E-state index contributed by atoms with van der Waals surface area (Å²) in [5, 5.41) is 3.40. The van der Waals surface area contributed by atoms with Crippen LogP contribution in [0.25, 0.3) is 6.08 Å². The zero-order chi connectivity index (χ0) is 21.8. The van der Waals surface area contributed by atoms with Crippen LogP contribution in [-0.2, 0) is 4.79 Å². The zero-order valence-electron chi connectivity index (χ0n) is 18.1. The lowest BCUT2D eigenvalue weighted by Gasteiger charge is -2.30. The minimum absolute atomic E-state index is 0.0248. The van der Waals surface area contributed by atoms with E-state index in [9.17, 15) is 4.79 Å². The van der Waals surface area contributed by atoms with Crippen molar-refractivity contribution in [2.45, 2.75) is 52.0 Å². The van der Waals surface area contributed by atoms with Crippen LogP contribution in [-0.4, -0.2) is 40.7 Å². The Bertz CT molecular complexity index is 1010. The summed E-state index contributed by atoms with van der Waals surface area (Å²) in [7, 11) is 1.62. The van der Waals surface area contributed by atoms with E-state index in [1.807, 2.05) is 48.4 Å². The van der Waals surface area contributed by atoms with Gasteiger partial charge in [-0.2, -0.15) is 4.99 Å². The molecular formula is C23H27N3O3S2. The van der Waals surface area contributed by atoms with Crippen molar-refractivity contribution in [2.24, 2.45) is 4.99 Å². The molecule has 0 spiro atoms. The van der Waals surface area contributed by atoms with Crippen LogP contribution in [0, 0.1) is 6.92 Å². The third-order valence-corrected chi connectivity index (χ3v) is 7.20. The Morgan fingerprint density at radius 1 is 1.26 bits per heavy atom. The molecule has 2 fully saturated rings. The first-order valence-corrected chi connectivity index (χ1v) is 12.3. The molecule has 0 N–H and O–H groups in total. The van der Waals surface area contributed by atoms with Crippen molar-refractivity contribution in [3.63, 3.8) is 0 Å². The molecular weight excluding hydrogens is 430 g/mol. The van der Waals surface area contributed by atoms with E-state index in [4.69, 9.17) is 14.5 Å². The molecule has 0 atom stereocenters.